The fourth-order valence-corrected chi connectivity index (χ4v) is 4.28. The molecule has 0 saturated heterocycles. The lowest BCUT2D eigenvalue weighted by Gasteiger charge is -2.49. The monoisotopic (exact) mass is 276 g/mol. The van der Waals surface area contributed by atoms with E-state index in [1.165, 1.54) is 5.56 Å². The lowest BCUT2D eigenvalue weighted by Crippen LogP contribution is -2.50. The maximum absolute atomic E-state index is 11.7. The first-order valence-corrected chi connectivity index (χ1v) is 7.77. The highest BCUT2D eigenvalue weighted by Gasteiger charge is 2.56. The SMILES string of the molecule is O[C@@]1(c2ccccc2)CC[C@@H]2C=C[C@@]1(c1ccccc1)C2. The zero-order chi connectivity index (χ0) is 14.3. The van der Waals surface area contributed by atoms with Crippen LogP contribution in [0.4, 0.5) is 0 Å². The average molecular weight is 276 g/mol. The van der Waals surface area contributed by atoms with E-state index in [2.05, 4.69) is 48.6 Å². The molecule has 0 aliphatic heterocycles. The molecule has 106 valence electrons. The summed E-state index contributed by atoms with van der Waals surface area (Å²) in [5.41, 5.74) is 1.19. The van der Waals surface area contributed by atoms with Crippen molar-refractivity contribution >= 4 is 0 Å². The van der Waals surface area contributed by atoms with Gasteiger partial charge in [-0.05, 0) is 36.3 Å². The summed E-state index contributed by atoms with van der Waals surface area (Å²) in [5, 5.41) is 11.7. The molecule has 2 aromatic rings. The van der Waals surface area contributed by atoms with Gasteiger partial charge in [0.25, 0.3) is 0 Å². The number of allylic oxidation sites excluding steroid dienone is 1. The van der Waals surface area contributed by atoms with Crippen LogP contribution in [0.5, 0.6) is 0 Å². The molecule has 1 fully saturated rings. The molecule has 2 bridgehead atoms. The summed E-state index contributed by atoms with van der Waals surface area (Å²) in [6, 6.07) is 20.7. The Balaban J connectivity index is 1.92. The Kier molecular flexibility index (Phi) is 2.80. The van der Waals surface area contributed by atoms with Crippen molar-refractivity contribution in [1.82, 2.24) is 0 Å². The molecule has 3 atom stereocenters. The van der Waals surface area contributed by atoms with Crippen molar-refractivity contribution in [2.45, 2.75) is 30.3 Å². The predicted octanol–water partition coefficient (Wildman–Crippen LogP) is 4.18. The van der Waals surface area contributed by atoms with Crippen molar-refractivity contribution in [3.05, 3.63) is 83.9 Å². The predicted molar refractivity (Wildman–Crippen MR) is 84.9 cm³/mol. The molecule has 1 saturated carbocycles. The standard InChI is InChI=1S/C20H20O/c21-20(18-9-5-2-6-10-18)14-12-16-11-13-19(20,15-16)17-7-3-1-4-8-17/h1-11,13,16,21H,12,14-15H2/t16-,19-,20+/m0/s1. The number of aliphatic hydroxyl groups is 1. The molecule has 2 aromatic carbocycles. The molecular weight excluding hydrogens is 256 g/mol. The minimum Gasteiger partial charge on any atom is -0.384 e. The molecule has 0 heterocycles. The van der Waals surface area contributed by atoms with E-state index >= 15 is 0 Å². The van der Waals surface area contributed by atoms with Crippen molar-refractivity contribution in [1.29, 1.82) is 0 Å². The Bertz CT molecular complexity index is 661. The van der Waals surface area contributed by atoms with Gasteiger partial charge in [0.15, 0.2) is 0 Å². The Morgan fingerprint density at radius 2 is 1.48 bits per heavy atom. The average Bonchev–Trinajstić information content (AvgIpc) is 2.95. The van der Waals surface area contributed by atoms with Gasteiger partial charge in [-0.25, -0.2) is 0 Å². The van der Waals surface area contributed by atoms with Crippen molar-refractivity contribution in [3.8, 4) is 0 Å². The van der Waals surface area contributed by atoms with Crippen LogP contribution in [0.15, 0.2) is 72.8 Å². The smallest absolute Gasteiger partial charge is 0.103 e. The molecule has 1 nitrogen and oxygen atoms in total. The maximum atomic E-state index is 11.7. The van der Waals surface area contributed by atoms with E-state index in [0.29, 0.717) is 5.92 Å². The van der Waals surface area contributed by atoms with Gasteiger partial charge < -0.3 is 5.11 Å². The maximum Gasteiger partial charge on any atom is 0.103 e. The minimum absolute atomic E-state index is 0.279. The molecular formula is C20H20O. The summed E-state index contributed by atoms with van der Waals surface area (Å²) in [4.78, 5) is 0. The van der Waals surface area contributed by atoms with Gasteiger partial charge in [-0.3, -0.25) is 0 Å². The van der Waals surface area contributed by atoms with Crippen LogP contribution in [0.3, 0.4) is 0 Å². The fraction of sp³-hybridized carbons (Fsp3) is 0.300. The minimum atomic E-state index is -0.806. The van der Waals surface area contributed by atoms with E-state index in [9.17, 15) is 5.11 Å². The summed E-state index contributed by atoms with van der Waals surface area (Å²) in [6.45, 7) is 0. The van der Waals surface area contributed by atoms with Crippen LogP contribution < -0.4 is 0 Å². The van der Waals surface area contributed by atoms with Gasteiger partial charge in [-0.15, -0.1) is 0 Å². The largest absolute Gasteiger partial charge is 0.384 e. The highest BCUT2D eigenvalue weighted by molar-refractivity contribution is 5.45. The van der Waals surface area contributed by atoms with E-state index in [1.807, 2.05) is 24.3 Å². The Labute approximate surface area is 126 Å². The van der Waals surface area contributed by atoms with Gasteiger partial charge in [-0.1, -0.05) is 72.8 Å². The van der Waals surface area contributed by atoms with Gasteiger partial charge in [0.05, 0.1) is 0 Å². The van der Waals surface area contributed by atoms with Crippen LogP contribution >= 0.6 is 0 Å². The summed E-state index contributed by atoms with van der Waals surface area (Å²) in [5.74, 6) is 0.606. The van der Waals surface area contributed by atoms with E-state index in [4.69, 9.17) is 0 Å². The number of hydrogen-bond donors (Lipinski definition) is 1. The molecule has 0 amide bonds. The first-order chi connectivity index (χ1) is 10.2. The summed E-state index contributed by atoms with van der Waals surface area (Å²) in [7, 11) is 0. The van der Waals surface area contributed by atoms with Gasteiger partial charge in [0.1, 0.15) is 5.60 Å². The highest BCUT2D eigenvalue weighted by atomic mass is 16.3. The Morgan fingerprint density at radius 1 is 0.857 bits per heavy atom. The molecule has 0 spiro atoms. The van der Waals surface area contributed by atoms with Crippen molar-refractivity contribution in [3.63, 3.8) is 0 Å². The first kappa shape index (κ1) is 12.8. The van der Waals surface area contributed by atoms with E-state index in [1.54, 1.807) is 0 Å². The van der Waals surface area contributed by atoms with Crippen LogP contribution in [-0.4, -0.2) is 5.11 Å². The second kappa shape index (κ2) is 4.57. The highest BCUT2D eigenvalue weighted by Crippen LogP contribution is 2.58. The number of benzene rings is 2. The lowest BCUT2D eigenvalue weighted by atomic mass is 9.58. The third kappa shape index (κ3) is 1.74. The molecule has 2 aliphatic rings. The van der Waals surface area contributed by atoms with Crippen LogP contribution in [0.25, 0.3) is 0 Å². The van der Waals surface area contributed by atoms with Gasteiger partial charge in [0.2, 0.25) is 0 Å². The van der Waals surface area contributed by atoms with E-state index in [0.717, 1.165) is 24.8 Å². The molecule has 1 heteroatoms. The quantitative estimate of drug-likeness (QED) is 0.816. The molecule has 0 radical (unpaired) electrons. The molecule has 1 N–H and O–H groups in total. The van der Waals surface area contributed by atoms with Gasteiger partial charge >= 0.3 is 0 Å². The molecule has 4 rings (SSSR count). The number of rotatable bonds is 2. The Morgan fingerprint density at radius 3 is 2.14 bits per heavy atom. The second-order valence-corrected chi connectivity index (χ2v) is 6.43. The number of fused-ring (bicyclic) bond motifs is 2. The third-order valence-electron chi connectivity index (χ3n) is 5.39. The number of hydrogen-bond acceptors (Lipinski definition) is 1. The summed E-state index contributed by atoms with van der Waals surface area (Å²) >= 11 is 0. The van der Waals surface area contributed by atoms with Crippen molar-refractivity contribution in [2.75, 3.05) is 0 Å². The van der Waals surface area contributed by atoms with Gasteiger partial charge in [-0.2, -0.15) is 0 Å². The molecule has 0 aromatic heterocycles. The first-order valence-electron chi connectivity index (χ1n) is 7.77. The van der Waals surface area contributed by atoms with E-state index in [-0.39, 0.29) is 5.41 Å². The lowest BCUT2D eigenvalue weighted by molar-refractivity contribution is -0.0582. The van der Waals surface area contributed by atoms with Crippen LogP contribution in [0.1, 0.15) is 30.4 Å². The van der Waals surface area contributed by atoms with Crippen molar-refractivity contribution in [2.24, 2.45) is 5.92 Å². The zero-order valence-corrected chi connectivity index (χ0v) is 12.1. The normalized spacial score (nSPS) is 34.0. The van der Waals surface area contributed by atoms with Crippen LogP contribution in [0, 0.1) is 5.92 Å². The van der Waals surface area contributed by atoms with Crippen LogP contribution in [0.2, 0.25) is 0 Å². The zero-order valence-electron chi connectivity index (χ0n) is 12.1. The molecule has 21 heavy (non-hydrogen) atoms. The van der Waals surface area contributed by atoms with E-state index < -0.39 is 5.60 Å². The fourth-order valence-electron chi connectivity index (χ4n) is 4.28. The molecule has 0 unspecified atom stereocenters. The second-order valence-electron chi connectivity index (χ2n) is 6.43. The topological polar surface area (TPSA) is 20.2 Å². The summed E-state index contributed by atoms with van der Waals surface area (Å²) in [6.07, 6.45) is 7.49. The Hall–Kier alpha value is -1.86. The van der Waals surface area contributed by atoms with Crippen molar-refractivity contribution < 1.29 is 5.11 Å². The van der Waals surface area contributed by atoms with Crippen LogP contribution in [-0.2, 0) is 11.0 Å². The summed E-state index contributed by atoms with van der Waals surface area (Å²) < 4.78 is 0. The van der Waals surface area contributed by atoms with Gasteiger partial charge in [0, 0.05) is 5.41 Å². The third-order valence-corrected chi connectivity index (χ3v) is 5.39. The molecule has 2 aliphatic carbocycles.